The Morgan fingerprint density at radius 3 is 1.42 bits per heavy atom. The van der Waals surface area contributed by atoms with Gasteiger partial charge in [0, 0.05) is 90.6 Å². The van der Waals surface area contributed by atoms with Gasteiger partial charge in [0.25, 0.3) is 16.7 Å². The number of nitrogen functional groups attached to an aromatic ring is 3. The number of fused-ring (bicyclic) bond motifs is 4. The molecule has 13 aromatic rings. The highest BCUT2D eigenvalue weighted by atomic mass is 16.5. The van der Waals surface area contributed by atoms with Crippen LogP contribution in [-0.4, -0.2) is 153 Å². The van der Waals surface area contributed by atoms with Crippen molar-refractivity contribution in [3.05, 3.63) is 221 Å². The fourth-order valence-electron chi connectivity index (χ4n) is 14.3. The summed E-state index contributed by atoms with van der Waals surface area (Å²) in [5, 5.41) is 47.3. The van der Waals surface area contributed by atoms with Gasteiger partial charge in [-0.2, -0.15) is 35.7 Å². The summed E-state index contributed by atoms with van der Waals surface area (Å²) in [6.07, 6.45) is 19.1. The number of likely N-dealkylation sites (tertiary alicyclic amines) is 1. The maximum absolute atomic E-state index is 12.9. The molecule has 10 heterocycles. The number of aromatic nitrogens is 16. The van der Waals surface area contributed by atoms with E-state index in [1.807, 2.05) is 157 Å². The van der Waals surface area contributed by atoms with Crippen LogP contribution in [0.15, 0.2) is 204 Å². The number of rotatable bonds is 18. The van der Waals surface area contributed by atoms with E-state index in [2.05, 4.69) is 69.5 Å². The first-order chi connectivity index (χ1) is 53.4. The summed E-state index contributed by atoms with van der Waals surface area (Å²) in [5.74, 6) is 2.47. The molecule has 31 nitrogen and oxygen atoms in total. The lowest BCUT2D eigenvalue weighted by molar-refractivity contribution is -0.127. The number of aromatic amines is 3. The first kappa shape index (κ1) is 73.2. The predicted molar refractivity (Wildman–Crippen MR) is 419 cm³/mol. The van der Waals surface area contributed by atoms with Gasteiger partial charge in [-0.1, -0.05) is 61.7 Å². The largest absolute Gasteiger partial charge is 0.439 e. The van der Waals surface area contributed by atoms with Crippen molar-refractivity contribution in [3.8, 4) is 62.7 Å². The number of carbonyl (C=O) groups is 3. The third-order valence-corrected chi connectivity index (χ3v) is 19.7. The molecule has 3 amide bonds. The first-order valence-electron chi connectivity index (χ1n) is 36.1. The smallest absolute Gasteiger partial charge is 0.290 e. The summed E-state index contributed by atoms with van der Waals surface area (Å²) < 4.78 is 18.7. The molecule has 3 aliphatic rings. The molecule has 16 rings (SSSR count). The van der Waals surface area contributed by atoms with Gasteiger partial charge >= 0.3 is 0 Å². The van der Waals surface area contributed by atoms with E-state index in [0.717, 1.165) is 97.5 Å². The minimum Gasteiger partial charge on any atom is -0.439 e. The predicted octanol–water partition coefficient (Wildman–Crippen LogP) is 9.67. The molecular weight excluding hydrogens is 1400 g/mol. The molecular formula is C79H81N23O8. The molecule has 1 saturated heterocycles. The van der Waals surface area contributed by atoms with Gasteiger partial charge in [0.2, 0.25) is 29.5 Å². The van der Waals surface area contributed by atoms with E-state index in [1.165, 1.54) is 12.2 Å². The van der Waals surface area contributed by atoms with Crippen LogP contribution < -0.4 is 54.0 Å². The van der Waals surface area contributed by atoms with Gasteiger partial charge in [0.05, 0.1) is 45.5 Å². The first-order valence-corrected chi connectivity index (χ1v) is 36.1. The topological polar surface area (TPSA) is 413 Å². The molecule has 11 N–H and O–H groups in total. The Labute approximate surface area is 628 Å². The van der Waals surface area contributed by atoms with E-state index in [0.29, 0.717) is 92.7 Å². The summed E-state index contributed by atoms with van der Waals surface area (Å²) >= 11 is 0. The van der Waals surface area contributed by atoms with Crippen molar-refractivity contribution < 1.29 is 23.9 Å². The maximum Gasteiger partial charge on any atom is 0.290 e. The molecule has 0 unspecified atom stereocenters. The minimum absolute atomic E-state index is 0.00204. The van der Waals surface area contributed by atoms with Crippen LogP contribution in [0.4, 0.5) is 17.5 Å². The Morgan fingerprint density at radius 2 is 0.982 bits per heavy atom. The zero-order valence-electron chi connectivity index (χ0n) is 60.4. The van der Waals surface area contributed by atoms with Gasteiger partial charge in [-0.25, -0.2) is 29.9 Å². The van der Waals surface area contributed by atoms with Crippen LogP contribution in [0, 0.1) is 0 Å². The van der Waals surface area contributed by atoms with Gasteiger partial charge in [-0.05, 0) is 169 Å². The summed E-state index contributed by atoms with van der Waals surface area (Å²) in [4.78, 5) is 86.9. The summed E-state index contributed by atoms with van der Waals surface area (Å²) in [6, 6.07) is 41.4. The zero-order valence-corrected chi connectivity index (χ0v) is 60.4. The van der Waals surface area contributed by atoms with Crippen LogP contribution in [0.2, 0.25) is 0 Å². The number of nitrogens with two attached hydrogens (primary N) is 3. The number of hydrogen-bond donors (Lipinski definition) is 8. The highest BCUT2D eigenvalue weighted by Crippen LogP contribution is 2.40. The molecule has 9 aromatic heterocycles. The fraction of sp³-hybridized carbons (Fsp3) is 0.253. The molecule has 4 aromatic carbocycles. The van der Waals surface area contributed by atoms with E-state index in [1.54, 1.807) is 49.5 Å². The molecule has 31 heteroatoms. The second kappa shape index (κ2) is 32.6. The quantitative estimate of drug-likeness (QED) is 0.0370. The number of benzene rings is 4. The van der Waals surface area contributed by atoms with Crippen molar-refractivity contribution in [1.82, 2.24) is 100 Å². The van der Waals surface area contributed by atoms with Gasteiger partial charge in [-0.3, -0.25) is 42.8 Å². The van der Waals surface area contributed by atoms with Crippen molar-refractivity contribution >= 4 is 78.8 Å². The van der Waals surface area contributed by atoms with Crippen molar-refractivity contribution in [2.45, 2.75) is 94.4 Å². The Hall–Kier alpha value is -13.7. The number of anilines is 3. The van der Waals surface area contributed by atoms with Crippen LogP contribution in [-0.2, 0) is 14.4 Å². The van der Waals surface area contributed by atoms with Crippen molar-refractivity contribution in [1.29, 1.82) is 0 Å². The van der Waals surface area contributed by atoms with Crippen molar-refractivity contribution in [2.75, 3.05) is 50.9 Å². The van der Waals surface area contributed by atoms with E-state index in [-0.39, 0.29) is 82.1 Å². The summed E-state index contributed by atoms with van der Waals surface area (Å²) in [7, 11) is 3.91. The number of nitrogens with one attached hydrogen (secondary N) is 5. The molecule has 1 aliphatic heterocycles. The van der Waals surface area contributed by atoms with E-state index in [4.69, 9.17) is 42.0 Å². The average molecular weight is 1480 g/mol. The van der Waals surface area contributed by atoms with Gasteiger partial charge in [0.1, 0.15) is 45.1 Å². The number of carbonyl (C=O) groups excluding carboxylic acids is 3. The Morgan fingerprint density at radius 1 is 0.536 bits per heavy atom. The summed E-state index contributed by atoms with van der Waals surface area (Å²) in [6.45, 7) is 8.90. The Kier molecular flexibility index (Phi) is 21.7. The second-order valence-corrected chi connectivity index (χ2v) is 27.3. The number of H-pyrrole nitrogens is 3. The number of likely N-dealkylation sites (N-methyl/N-ethyl adjacent to an activating group) is 1. The number of hydrogen-bond acceptors (Lipinski definition) is 21. The average Bonchev–Trinajstić information content (AvgIpc) is 1.61. The molecule has 0 bridgehead atoms. The lowest BCUT2D eigenvalue weighted by Gasteiger charge is -2.32. The maximum atomic E-state index is 12.9. The fourth-order valence-corrected chi connectivity index (χ4v) is 14.3. The van der Waals surface area contributed by atoms with E-state index in [9.17, 15) is 28.8 Å². The molecule has 2 aliphatic carbocycles. The van der Waals surface area contributed by atoms with Crippen LogP contribution in [0.1, 0.15) is 82.3 Å². The zero-order chi connectivity index (χ0) is 76.5. The monoisotopic (exact) mass is 1480 g/mol. The lowest BCUT2D eigenvalue weighted by Crippen LogP contribution is -2.40. The molecule has 2 saturated carbocycles. The second-order valence-electron chi connectivity index (χ2n) is 27.3. The highest BCUT2D eigenvalue weighted by Gasteiger charge is 2.33. The summed E-state index contributed by atoms with van der Waals surface area (Å²) in [5.41, 5.74) is 24.8. The third-order valence-electron chi connectivity index (χ3n) is 19.7. The molecule has 0 radical (unpaired) electrons. The normalized spacial score (nSPS) is 17.1. The van der Waals surface area contributed by atoms with Gasteiger partial charge < -0.3 is 47.1 Å². The molecule has 1 atom stereocenters. The minimum atomic E-state index is -0.370. The third kappa shape index (κ3) is 16.0. The number of piperidine rings is 1. The van der Waals surface area contributed by atoms with Crippen LogP contribution in [0.3, 0.4) is 0 Å². The number of amides is 3. The van der Waals surface area contributed by atoms with E-state index < -0.39 is 0 Å². The SMILES string of the molecule is C=CC(=O)N1CCC[C@@H](n2nc(-c3ccc(-n4cc5ccccc5n4)cc3)c3c(N)n[nH]c(=O)c32)C1.C=CC(=O)NC1CCC(n2nc(-c3ccc(Oc4ccccn4)cc3)c3c(N)n[nH]c(=O)c32)CC1.CN(C)C/C=C/C(=O)NC1CCC(n2nc(-c3ccc(Oc4ccccn4)cc3)c3c(N)n[nH]c(=O)c32)CC1. The Bertz CT molecular complexity index is 5700. The van der Waals surface area contributed by atoms with Crippen molar-refractivity contribution in [2.24, 2.45) is 0 Å². The highest BCUT2D eigenvalue weighted by molar-refractivity contribution is 6.02. The van der Waals surface area contributed by atoms with E-state index >= 15 is 0 Å². The lowest BCUT2D eigenvalue weighted by atomic mass is 9.91. The van der Waals surface area contributed by atoms with Gasteiger partial charge in [0.15, 0.2) is 17.5 Å². The van der Waals surface area contributed by atoms with Crippen LogP contribution in [0.5, 0.6) is 23.3 Å². The van der Waals surface area contributed by atoms with Crippen LogP contribution in [0.25, 0.3) is 83.1 Å². The molecule has 3 fully saturated rings. The number of pyridine rings is 2. The molecule has 0 spiro atoms. The number of nitrogens with zero attached hydrogens (tertiary/aromatic N) is 15. The van der Waals surface area contributed by atoms with Crippen molar-refractivity contribution in [3.63, 3.8) is 0 Å². The standard InChI is InChI=1S/C28H32N8O3.C26H24N8O2.C25H25N7O3/c1-35(2)17-5-6-22(37)31-19-10-12-20(13-11-19)36-26-24(27(29)32-33-28(26)38)25(34-36)18-8-14-21(15-9-18)39-23-7-3-4-16-30-23;1-2-21(35)32-13-5-7-19(15-32)34-24-22(25(27)28-29-26(24)36)23(31-34)16-9-11-18(12-10-16)33-14-17-6-3-4-8-20(17)30-33;1-2-19(33)28-16-8-10-17(11-9-16)32-23-21(24(26)29-30-25(23)34)22(31-32)15-6-12-18(13-7-15)35-20-5-3-4-14-27-20/h3-9,14-16,19-20H,10-13,17H2,1-2H3,(H2,29,32)(H,31,37)(H,33,38);2-4,6,8-12,14,19H,1,5,7,13,15H2,(H2,27,28)(H,29,36);2-7,12-14,16-17H,1,8-11H2,(H2,26,29)(H,28,33)(H,30,34)/b6-5+;;/t;19-;/m.1./s1. The Balaban J connectivity index is 0.000000138. The number of ether oxygens (including phenoxy) is 2. The van der Waals surface area contributed by atoms with Gasteiger partial charge in [-0.15, -0.1) is 0 Å². The molecule has 560 valence electrons. The molecule has 110 heavy (non-hydrogen) atoms. The van der Waals surface area contributed by atoms with Crippen LogP contribution >= 0.6 is 0 Å².